The maximum atomic E-state index is 11.2. The predicted octanol–water partition coefficient (Wildman–Crippen LogP) is 5.10. The molecular weight excluding hydrogens is 512 g/mol. The number of likely N-dealkylation sites (tertiary alicyclic amines) is 1. The first kappa shape index (κ1) is 26.5. The molecule has 3 heterocycles. The minimum Gasteiger partial charge on any atom is -0.492 e. The molecule has 206 valence electrons. The Hall–Kier alpha value is -2.77. The number of nitrogens with one attached hydrogen (secondary N) is 1. The molecule has 1 aliphatic carbocycles. The molecule has 0 amide bonds. The molecule has 4 aliphatic rings. The number of hydrogen-bond acceptors (Lipinski definition) is 6. The zero-order chi connectivity index (χ0) is 26.9. The lowest BCUT2D eigenvalue weighted by Gasteiger charge is -2.38. The molecule has 0 radical (unpaired) electrons. The van der Waals surface area contributed by atoms with Crippen molar-refractivity contribution < 1.29 is 19.7 Å². The first-order valence-electron chi connectivity index (χ1n) is 14.1. The number of dihydropyridines is 1. The third-order valence-corrected chi connectivity index (χ3v) is 8.90. The Morgan fingerprint density at radius 3 is 2.62 bits per heavy atom. The third kappa shape index (κ3) is 5.75. The van der Waals surface area contributed by atoms with Crippen molar-refractivity contribution in [3.05, 3.63) is 93.9 Å². The average Bonchev–Trinajstić information content (AvgIpc) is 3.76. The van der Waals surface area contributed by atoms with Crippen LogP contribution in [0, 0.1) is 5.41 Å². The van der Waals surface area contributed by atoms with E-state index in [0.717, 1.165) is 85.9 Å². The maximum absolute atomic E-state index is 11.2. The van der Waals surface area contributed by atoms with Crippen LogP contribution in [-0.4, -0.2) is 54.5 Å². The molecule has 2 fully saturated rings. The van der Waals surface area contributed by atoms with Gasteiger partial charge < -0.3 is 29.9 Å². The van der Waals surface area contributed by atoms with Crippen molar-refractivity contribution in [3.63, 3.8) is 0 Å². The number of benzene rings is 2. The van der Waals surface area contributed by atoms with Crippen molar-refractivity contribution in [3.8, 4) is 11.5 Å². The summed E-state index contributed by atoms with van der Waals surface area (Å²) < 4.78 is 12.7. The summed E-state index contributed by atoms with van der Waals surface area (Å²) in [5.74, 6) is 2.44. The van der Waals surface area contributed by atoms with Crippen LogP contribution in [0.25, 0.3) is 0 Å². The number of fused-ring (bicyclic) bond motifs is 1. The van der Waals surface area contributed by atoms with Crippen LogP contribution in [-0.2, 0) is 12.0 Å². The lowest BCUT2D eigenvalue weighted by Crippen LogP contribution is -2.42. The van der Waals surface area contributed by atoms with Gasteiger partial charge in [-0.25, -0.2) is 0 Å². The van der Waals surface area contributed by atoms with Crippen molar-refractivity contribution in [1.82, 2.24) is 10.2 Å². The lowest BCUT2D eigenvalue weighted by molar-refractivity contribution is -0.0254. The number of ether oxygens (including phenoxy) is 2. The fraction of sp³-hybridized carbons (Fsp3) is 0.438. The van der Waals surface area contributed by atoms with E-state index in [-0.39, 0.29) is 12.0 Å². The van der Waals surface area contributed by atoms with Crippen molar-refractivity contribution in [2.75, 3.05) is 39.4 Å². The molecule has 7 heteroatoms. The zero-order valence-corrected chi connectivity index (χ0v) is 23.1. The van der Waals surface area contributed by atoms with Crippen molar-refractivity contribution in [2.24, 2.45) is 5.41 Å². The third-order valence-electron chi connectivity index (χ3n) is 8.65. The molecule has 39 heavy (non-hydrogen) atoms. The molecule has 0 spiro atoms. The quantitative estimate of drug-likeness (QED) is 0.426. The monoisotopic (exact) mass is 548 g/mol. The summed E-state index contributed by atoms with van der Waals surface area (Å²) in [5, 5.41) is 25.1. The molecule has 2 aromatic carbocycles. The number of allylic oxidation sites excluding steroid dienone is 3. The van der Waals surface area contributed by atoms with Gasteiger partial charge in [0.1, 0.15) is 11.5 Å². The first-order valence-corrected chi connectivity index (χ1v) is 14.4. The Bertz CT molecular complexity index is 1290. The van der Waals surface area contributed by atoms with Gasteiger partial charge in [-0.05, 0) is 67.5 Å². The van der Waals surface area contributed by atoms with Crippen LogP contribution in [0.5, 0.6) is 11.5 Å². The summed E-state index contributed by atoms with van der Waals surface area (Å²) in [5.41, 5.74) is 3.45. The second-order valence-corrected chi connectivity index (χ2v) is 11.8. The molecular formula is C32H37ClN2O4. The molecule has 6 rings (SSSR count). The fourth-order valence-corrected chi connectivity index (χ4v) is 5.87. The average molecular weight is 549 g/mol. The number of aliphatic hydroxyl groups excluding tert-OH is 1. The Balaban J connectivity index is 1.14. The van der Waals surface area contributed by atoms with E-state index in [2.05, 4.69) is 28.4 Å². The van der Waals surface area contributed by atoms with Crippen LogP contribution in [0.1, 0.15) is 43.2 Å². The van der Waals surface area contributed by atoms with E-state index < -0.39 is 5.60 Å². The molecule has 0 aromatic heterocycles. The zero-order valence-electron chi connectivity index (χ0n) is 22.3. The van der Waals surface area contributed by atoms with E-state index in [4.69, 9.17) is 21.1 Å². The highest BCUT2D eigenvalue weighted by atomic mass is 35.5. The number of rotatable bonds is 8. The molecule has 0 bridgehead atoms. The highest BCUT2D eigenvalue weighted by Gasteiger charge is 2.43. The van der Waals surface area contributed by atoms with Crippen LogP contribution in [0.4, 0.5) is 0 Å². The van der Waals surface area contributed by atoms with Gasteiger partial charge in [0.05, 0.1) is 18.8 Å². The van der Waals surface area contributed by atoms with Gasteiger partial charge >= 0.3 is 0 Å². The standard InChI is InChI=1S/C32H37ClN2O4/c33-25-10-8-24(9-11-25)32(37)14-18-35(19-15-32)17-3-4-23-20-27-28(38-22-31(21-36)12-13-31)6-1-7-29(27)39-30-26(23)5-2-16-34-30/h1-2,4-11,34,36-37H,3,12-22H2. The topological polar surface area (TPSA) is 74.2 Å². The maximum Gasteiger partial charge on any atom is 0.201 e. The van der Waals surface area contributed by atoms with E-state index in [1.807, 2.05) is 42.5 Å². The molecule has 6 nitrogen and oxygen atoms in total. The summed E-state index contributed by atoms with van der Waals surface area (Å²) in [6.07, 6.45) is 11.7. The molecule has 3 aliphatic heterocycles. The van der Waals surface area contributed by atoms with Gasteiger partial charge in [0.2, 0.25) is 5.88 Å². The first-order chi connectivity index (χ1) is 19.0. The number of piperidine rings is 1. The second-order valence-electron chi connectivity index (χ2n) is 11.4. The number of aliphatic hydroxyl groups is 2. The van der Waals surface area contributed by atoms with Crippen LogP contribution < -0.4 is 14.8 Å². The smallest absolute Gasteiger partial charge is 0.201 e. The summed E-state index contributed by atoms with van der Waals surface area (Å²) in [6.45, 7) is 4.08. The van der Waals surface area contributed by atoms with Crippen LogP contribution >= 0.6 is 11.6 Å². The lowest BCUT2D eigenvalue weighted by atomic mass is 9.84. The summed E-state index contributed by atoms with van der Waals surface area (Å²) in [4.78, 5) is 2.44. The summed E-state index contributed by atoms with van der Waals surface area (Å²) in [7, 11) is 0. The van der Waals surface area contributed by atoms with Gasteiger partial charge in [0.15, 0.2) is 0 Å². The van der Waals surface area contributed by atoms with Crippen LogP contribution in [0.3, 0.4) is 0 Å². The highest BCUT2D eigenvalue weighted by molar-refractivity contribution is 6.30. The Morgan fingerprint density at radius 2 is 1.87 bits per heavy atom. The van der Waals surface area contributed by atoms with Gasteiger partial charge in [-0.3, -0.25) is 0 Å². The minimum absolute atomic E-state index is 0.0804. The number of nitrogens with zero attached hydrogens (tertiary/aromatic N) is 1. The van der Waals surface area contributed by atoms with Gasteiger partial charge in [0.25, 0.3) is 0 Å². The highest BCUT2D eigenvalue weighted by Crippen LogP contribution is 2.46. The molecule has 1 saturated heterocycles. The van der Waals surface area contributed by atoms with Crippen molar-refractivity contribution in [1.29, 1.82) is 0 Å². The van der Waals surface area contributed by atoms with Gasteiger partial charge in [0, 0.05) is 54.2 Å². The molecule has 2 aromatic rings. The Morgan fingerprint density at radius 1 is 1.08 bits per heavy atom. The molecule has 0 atom stereocenters. The largest absolute Gasteiger partial charge is 0.492 e. The van der Waals surface area contributed by atoms with Crippen LogP contribution in [0.2, 0.25) is 5.02 Å². The van der Waals surface area contributed by atoms with E-state index in [0.29, 0.717) is 24.5 Å². The fourth-order valence-electron chi connectivity index (χ4n) is 5.74. The number of hydrogen-bond donors (Lipinski definition) is 3. The number of halogens is 1. The Kier molecular flexibility index (Phi) is 7.47. The molecule has 3 N–H and O–H groups in total. The van der Waals surface area contributed by atoms with Gasteiger partial charge in [-0.2, -0.15) is 0 Å². The van der Waals surface area contributed by atoms with Crippen LogP contribution in [0.15, 0.2) is 77.7 Å². The second kappa shape index (κ2) is 11.0. The molecule has 1 saturated carbocycles. The van der Waals surface area contributed by atoms with Gasteiger partial charge in [-0.1, -0.05) is 48.0 Å². The Labute approximate surface area is 235 Å². The van der Waals surface area contributed by atoms with E-state index in [9.17, 15) is 10.2 Å². The van der Waals surface area contributed by atoms with Crippen molar-refractivity contribution in [2.45, 2.75) is 44.1 Å². The normalized spacial score (nSPS) is 22.4. The minimum atomic E-state index is -0.786. The SMILES string of the molecule is OCC1(COc2cccc3c2CC(=CCCN2CCC(O)(c4ccc(Cl)cc4)CC2)C2=C(NCC=C2)O3)CC1. The summed E-state index contributed by atoms with van der Waals surface area (Å²) in [6, 6.07) is 13.6. The van der Waals surface area contributed by atoms with E-state index in [1.54, 1.807) is 0 Å². The molecule has 0 unspecified atom stereocenters. The predicted molar refractivity (Wildman–Crippen MR) is 153 cm³/mol. The van der Waals surface area contributed by atoms with E-state index in [1.165, 1.54) is 5.57 Å². The van der Waals surface area contributed by atoms with E-state index >= 15 is 0 Å². The van der Waals surface area contributed by atoms with Crippen molar-refractivity contribution >= 4 is 11.6 Å². The van der Waals surface area contributed by atoms with Gasteiger partial charge in [-0.15, -0.1) is 0 Å². The summed E-state index contributed by atoms with van der Waals surface area (Å²) >= 11 is 6.04.